The van der Waals surface area contributed by atoms with E-state index in [9.17, 15) is 13.2 Å². The first-order chi connectivity index (χ1) is 14.8. The van der Waals surface area contributed by atoms with Gasteiger partial charge in [-0.2, -0.15) is 13.2 Å². The van der Waals surface area contributed by atoms with Crippen LogP contribution < -0.4 is 0 Å². The Kier molecular flexibility index (Phi) is 6.32. The van der Waals surface area contributed by atoms with E-state index in [1.165, 1.54) is 17.8 Å². The minimum Gasteiger partial charge on any atom is -0.287 e. The highest BCUT2D eigenvalue weighted by atomic mass is 35.5. The van der Waals surface area contributed by atoms with Gasteiger partial charge in [-0.3, -0.25) is 4.57 Å². The molecule has 0 radical (unpaired) electrons. The van der Waals surface area contributed by atoms with Gasteiger partial charge in [0.25, 0.3) is 0 Å². The Morgan fingerprint density at radius 2 is 1.65 bits per heavy atom. The molecule has 158 valence electrons. The van der Waals surface area contributed by atoms with Gasteiger partial charge in [-0.25, -0.2) is 4.98 Å². The predicted octanol–water partition coefficient (Wildman–Crippen LogP) is 8.16. The minimum atomic E-state index is -4.45. The van der Waals surface area contributed by atoms with Gasteiger partial charge in [-0.15, -0.1) is 0 Å². The largest absolute Gasteiger partial charge is 0.416 e. The molecule has 0 saturated carbocycles. The van der Waals surface area contributed by atoms with Gasteiger partial charge in [-0.1, -0.05) is 77.4 Å². The summed E-state index contributed by atoms with van der Waals surface area (Å²) >= 11 is 13.7. The van der Waals surface area contributed by atoms with Crippen LogP contribution in [0, 0.1) is 0 Å². The lowest BCUT2D eigenvalue weighted by molar-refractivity contribution is -0.137. The number of nitrogens with zero attached hydrogens (tertiary/aromatic N) is 2. The molecular formula is C23H15Cl2F3N2S. The number of benzene rings is 3. The summed E-state index contributed by atoms with van der Waals surface area (Å²) in [5, 5.41) is 1.33. The molecule has 0 amide bonds. The van der Waals surface area contributed by atoms with E-state index in [-0.39, 0.29) is 0 Å². The maximum Gasteiger partial charge on any atom is 0.416 e. The smallest absolute Gasteiger partial charge is 0.287 e. The van der Waals surface area contributed by atoms with Crippen LogP contribution >= 0.6 is 35.0 Å². The van der Waals surface area contributed by atoms with Crippen LogP contribution in [0.25, 0.3) is 16.9 Å². The van der Waals surface area contributed by atoms with Crippen molar-refractivity contribution in [3.05, 3.63) is 100 Å². The molecule has 0 N–H and O–H groups in total. The molecule has 0 unspecified atom stereocenters. The lowest BCUT2D eigenvalue weighted by Gasteiger charge is -2.15. The highest BCUT2D eigenvalue weighted by Crippen LogP contribution is 2.36. The van der Waals surface area contributed by atoms with Crippen molar-refractivity contribution in [3.8, 4) is 16.9 Å². The lowest BCUT2D eigenvalue weighted by Crippen LogP contribution is -2.07. The number of rotatable bonds is 5. The van der Waals surface area contributed by atoms with E-state index in [0.29, 0.717) is 37.9 Å². The third-order valence-corrected chi connectivity index (χ3v) is 6.35. The summed E-state index contributed by atoms with van der Waals surface area (Å²) in [4.78, 5) is 4.50. The maximum absolute atomic E-state index is 13.3. The summed E-state index contributed by atoms with van der Waals surface area (Å²) < 4.78 is 41.7. The van der Waals surface area contributed by atoms with Crippen LogP contribution in [0.15, 0.2) is 84.1 Å². The number of aromatic nitrogens is 2. The van der Waals surface area contributed by atoms with E-state index >= 15 is 0 Å². The molecule has 0 spiro atoms. The van der Waals surface area contributed by atoms with E-state index < -0.39 is 11.7 Å². The first kappa shape index (κ1) is 21.8. The molecule has 0 aliphatic rings. The third kappa shape index (κ3) is 4.92. The quantitative estimate of drug-likeness (QED) is 0.269. The summed E-state index contributed by atoms with van der Waals surface area (Å²) in [6, 6.07) is 20.1. The highest BCUT2D eigenvalue weighted by Gasteiger charge is 2.31. The van der Waals surface area contributed by atoms with E-state index in [4.69, 9.17) is 23.2 Å². The zero-order valence-corrected chi connectivity index (χ0v) is 18.2. The number of hydrogen-bond donors (Lipinski definition) is 0. The highest BCUT2D eigenvalue weighted by molar-refractivity contribution is 7.98. The van der Waals surface area contributed by atoms with E-state index in [2.05, 4.69) is 4.98 Å². The average Bonchev–Trinajstić information content (AvgIpc) is 3.18. The molecule has 4 aromatic rings. The van der Waals surface area contributed by atoms with Gasteiger partial charge in [0.05, 0.1) is 27.5 Å². The fraction of sp³-hybridized carbons (Fsp3) is 0.0870. The van der Waals surface area contributed by atoms with Crippen molar-refractivity contribution in [2.24, 2.45) is 0 Å². The van der Waals surface area contributed by atoms with Gasteiger partial charge in [0.2, 0.25) is 0 Å². The molecule has 8 heteroatoms. The fourth-order valence-electron chi connectivity index (χ4n) is 3.09. The summed E-state index contributed by atoms with van der Waals surface area (Å²) in [6.45, 7) is 0. The molecule has 0 saturated heterocycles. The zero-order valence-electron chi connectivity index (χ0n) is 15.9. The minimum absolute atomic E-state index is 0.356. The molecule has 1 aromatic heterocycles. The Balaban J connectivity index is 1.81. The van der Waals surface area contributed by atoms with Crippen LogP contribution in [-0.4, -0.2) is 9.55 Å². The summed E-state index contributed by atoms with van der Waals surface area (Å²) in [5.74, 6) is 0.623. The molecule has 0 fully saturated rings. The van der Waals surface area contributed by atoms with Crippen LogP contribution in [0.4, 0.5) is 13.2 Å². The second-order valence-electron chi connectivity index (χ2n) is 6.71. The molecule has 0 bridgehead atoms. The zero-order chi connectivity index (χ0) is 22.0. The average molecular weight is 479 g/mol. The number of hydrogen-bond acceptors (Lipinski definition) is 2. The molecule has 1 heterocycles. The summed E-state index contributed by atoms with van der Waals surface area (Å²) in [5.41, 5.74) is 2.04. The molecular weight excluding hydrogens is 464 g/mol. The van der Waals surface area contributed by atoms with E-state index in [1.807, 2.05) is 30.3 Å². The van der Waals surface area contributed by atoms with Crippen molar-refractivity contribution < 1.29 is 13.2 Å². The normalized spacial score (nSPS) is 11.6. The topological polar surface area (TPSA) is 17.8 Å². The van der Waals surface area contributed by atoms with Crippen LogP contribution in [-0.2, 0) is 11.9 Å². The van der Waals surface area contributed by atoms with Crippen LogP contribution in [0.5, 0.6) is 0 Å². The first-order valence-electron chi connectivity index (χ1n) is 9.20. The van der Waals surface area contributed by atoms with Crippen molar-refractivity contribution in [2.45, 2.75) is 17.1 Å². The fourth-order valence-corrected chi connectivity index (χ4v) is 4.34. The second-order valence-corrected chi connectivity index (χ2v) is 8.47. The van der Waals surface area contributed by atoms with Gasteiger partial charge in [0.1, 0.15) is 0 Å². The lowest BCUT2D eigenvalue weighted by atomic mass is 10.1. The number of thioether (sulfide) groups is 1. The number of imidazole rings is 1. The van der Waals surface area contributed by atoms with Gasteiger partial charge in [0.15, 0.2) is 5.16 Å². The van der Waals surface area contributed by atoms with Gasteiger partial charge < -0.3 is 0 Å². The van der Waals surface area contributed by atoms with Gasteiger partial charge >= 0.3 is 6.18 Å². The van der Waals surface area contributed by atoms with E-state index in [0.717, 1.165) is 17.7 Å². The van der Waals surface area contributed by atoms with Gasteiger partial charge in [0, 0.05) is 17.0 Å². The standard InChI is InChI=1S/C23H15Cl2F3N2S/c24-19-10-9-16(11-20(19)25)21-13-29-22(31-14-15-5-2-1-3-6-15)30(21)18-8-4-7-17(12-18)23(26,27)28/h1-13H,14H2. The number of halogens is 5. The van der Waals surface area contributed by atoms with Crippen LogP contribution in [0.3, 0.4) is 0 Å². The Bertz CT molecular complexity index is 1210. The van der Waals surface area contributed by atoms with Crippen LogP contribution in [0.2, 0.25) is 10.0 Å². The first-order valence-corrected chi connectivity index (χ1v) is 10.9. The number of alkyl halides is 3. The Morgan fingerprint density at radius 3 is 2.35 bits per heavy atom. The Morgan fingerprint density at radius 1 is 0.871 bits per heavy atom. The molecule has 3 aromatic carbocycles. The van der Waals surface area contributed by atoms with Crippen molar-refractivity contribution in [2.75, 3.05) is 0 Å². The SMILES string of the molecule is FC(F)(F)c1cccc(-n2c(-c3ccc(Cl)c(Cl)c3)cnc2SCc2ccccc2)c1. The predicted molar refractivity (Wildman–Crippen MR) is 120 cm³/mol. The van der Waals surface area contributed by atoms with Crippen molar-refractivity contribution in [1.82, 2.24) is 9.55 Å². The van der Waals surface area contributed by atoms with Crippen molar-refractivity contribution in [1.29, 1.82) is 0 Å². The van der Waals surface area contributed by atoms with Crippen molar-refractivity contribution in [3.63, 3.8) is 0 Å². The molecule has 4 rings (SSSR count). The molecule has 0 aliphatic carbocycles. The molecule has 31 heavy (non-hydrogen) atoms. The summed E-state index contributed by atoms with van der Waals surface area (Å²) in [6.07, 6.45) is -2.81. The second kappa shape index (κ2) is 8.99. The summed E-state index contributed by atoms with van der Waals surface area (Å²) in [7, 11) is 0. The van der Waals surface area contributed by atoms with E-state index in [1.54, 1.807) is 35.0 Å². The van der Waals surface area contributed by atoms with Crippen molar-refractivity contribution >= 4 is 35.0 Å². The Labute approximate surface area is 191 Å². The monoisotopic (exact) mass is 478 g/mol. The third-order valence-electron chi connectivity index (χ3n) is 4.59. The molecule has 0 atom stereocenters. The Hall–Kier alpha value is -2.41. The molecule has 0 aliphatic heterocycles. The van der Waals surface area contributed by atoms with Gasteiger partial charge in [-0.05, 0) is 35.9 Å². The van der Waals surface area contributed by atoms with Crippen LogP contribution in [0.1, 0.15) is 11.1 Å². The maximum atomic E-state index is 13.3. The molecule has 2 nitrogen and oxygen atoms in total.